The van der Waals surface area contributed by atoms with Gasteiger partial charge in [0.25, 0.3) is 0 Å². The van der Waals surface area contributed by atoms with Crippen LogP contribution < -0.4 is 11.1 Å². The van der Waals surface area contributed by atoms with Gasteiger partial charge >= 0.3 is 12.1 Å². The van der Waals surface area contributed by atoms with Crippen molar-refractivity contribution in [2.75, 3.05) is 5.32 Å². The highest BCUT2D eigenvalue weighted by atomic mass is 32.2. The van der Waals surface area contributed by atoms with Crippen LogP contribution in [0.3, 0.4) is 0 Å². The van der Waals surface area contributed by atoms with E-state index >= 15 is 0 Å². The zero-order valence-corrected chi connectivity index (χ0v) is 20.4. The predicted octanol–water partition coefficient (Wildman–Crippen LogP) is 4.95. The Morgan fingerprint density at radius 3 is 2.35 bits per heavy atom. The third kappa shape index (κ3) is 5.44. The first-order valence-corrected chi connectivity index (χ1v) is 11.6. The van der Waals surface area contributed by atoms with Gasteiger partial charge in [-0.05, 0) is 57.0 Å². The average molecular weight is 542 g/mol. The van der Waals surface area contributed by atoms with E-state index in [1.807, 2.05) is 0 Å². The number of amides is 1. The number of benzene rings is 1. The molecule has 1 aromatic carbocycles. The van der Waals surface area contributed by atoms with Crippen LogP contribution in [0.5, 0.6) is 0 Å². The highest BCUT2D eigenvalue weighted by Crippen LogP contribution is 2.49. The Balaban J connectivity index is 1.59. The van der Waals surface area contributed by atoms with Gasteiger partial charge in [-0.3, -0.25) is 4.79 Å². The normalized spacial score (nSPS) is 16.4. The van der Waals surface area contributed by atoms with Crippen molar-refractivity contribution in [3.05, 3.63) is 69.2 Å². The van der Waals surface area contributed by atoms with Gasteiger partial charge in [-0.15, -0.1) is 10.2 Å². The molecule has 196 valence electrons. The van der Waals surface area contributed by atoms with Crippen LogP contribution in [0.2, 0.25) is 0 Å². The number of aromatic nitrogens is 3. The molecule has 0 bridgehead atoms. The van der Waals surface area contributed by atoms with Crippen molar-refractivity contribution < 1.29 is 36.3 Å². The van der Waals surface area contributed by atoms with Crippen LogP contribution in [-0.2, 0) is 16.6 Å². The van der Waals surface area contributed by atoms with E-state index in [0.29, 0.717) is 0 Å². The monoisotopic (exact) mass is 541 g/mol. The summed E-state index contributed by atoms with van der Waals surface area (Å²) in [7, 11) is 0. The molecular formula is C23H20F5N5O3S. The number of carbonyl (C=O) groups excluding carboxylic acids is 1. The zero-order chi connectivity index (χ0) is 27.3. The van der Waals surface area contributed by atoms with Crippen molar-refractivity contribution >= 4 is 23.5 Å². The van der Waals surface area contributed by atoms with Gasteiger partial charge in [0.15, 0.2) is 0 Å². The van der Waals surface area contributed by atoms with Crippen molar-refractivity contribution in [3.8, 4) is 11.5 Å². The van der Waals surface area contributed by atoms with E-state index in [1.54, 1.807) is 0 Å². The molecule has 1 amide bonds. The lowest BCUT2D eigenvalue weighted by molar-refractivity contribution is -0.157. The summed E-state index contributed by atoms with van der Waals surface area (Å²) in [6.07, 6.45) is -4.87. The number of primary amides is 1. The largest absolute Gasteiger partial charge is 0.470 e. The van der Waals surface area contributed by atoms with Crippen LogP contribution in [0.25, 0.3) is 11.5 Å². The van der Waals surface area contributed by atoms with E-state index in [4.69, 9.17) is 5.73 Å². The molecule has 14 heteroatoms. The van der Waals surface area contributed by atoms with Gasteiger partial charge in [-0.2, -0.15) is 13.2 Å². The molecule has 1 aliphatic rings. The number of pyridine rings is 1. The van der Waals surface area contributed by atoms with Crippen molar-refractivity contribution in [1.29, 1.82) is 0 Å². The molecular weight excluding hydrogens is 521 g/mol. The first kappa shape index (κ1) is 26.5. The fourth-order valence-corrected chi connectivity index (χ4v) is 5.04. The second-order valence-electron chi connectivity index (χ2n) is 8.76. The predicted molar refractivity (Wildman–Crippen MR) is 124 cm³/mol. The highest BCUT2D eigenvalue weighted by molar-refractivity contribution is 8.03. The number of rotatable bonds is 6. The number of hydrogen-bond donors (Lipinski definition) is 3. The fraction of sp³-hybridized carbons (Fsp3) is 0.304. The molecule has 8 nitrogen and oxygen atoms in total. The van der Waals surface area contributed by atoms with E-state index in [-0.39, 0.29) is 51.1 Å². The summed E-state index contributed by atoms with van der Waals surface area (Å²) >= 11 is 0.969. The number of thioether (sulfide) groups is 1. The van der Waals surface area contributed by atoms with Gasteiger partial charge in [-0.1, -0.05) is 11.8 Å². The summed E-state index contributed by atoms with van der Waals surface area (Å²) in [5.41, 5.74) is 4.31. The third-order valence-corrected chi connectivity index (χ3v) is 6.83. The first-order valence-electron chi connectivity index (χ1n) is 10.7. The maximum Gasteiger partial charge on any atom is 0.470 e. The number of alkyl halides is 3. The molecule has 0 spiro atoms. The first-order chi connectivity index (χ1) is 17.1. The molecule has 0 saturated carbocycles. The molecule has 1 atom stereocenters. The molecule has 3 aromatic rings. The SMILES string of the molecule is Cc1nc(NC2=C(C(N)=O)CC(c3c(F)cc(C(C)(C)O)cc3F)S2)ccc1-c1nnc(C(F)(F)F)o1. The Labute approximate surface area is 211 Å². The molecule has 0 radical (unpaired) electrons. The molecule has 4 rings (SSSR count). The Morgan fingerprint density at radius 2 is 1.84 bits per heavy atom. The van der Waals surface area contributed by atoms with Crippen molar-refractivity contribution in [2.24, 2.45) is 5.73 Å². The molecule has 4 N–H and O–H groups in total. The Bertz CT molecular complexity index is 1390. The number of hydrogen-bond acceptors (Lipinski definition) is 8. The lowest BCUT2D eigenvalue weighted by Crippen LogP contribution is -2.17. The number of aryl methyl sites for hydroxylation is 1. The van der Waals surface area contributed by atoms with Crippen molar-refractivity contribution in [3.63, 3.8) is 0 Å². The van der Waals surface area contributed by atoms with Gasteiger partial charge in [0.2, 0.25) is 11.8 Å². The summed E-state index contributed by atoms with van der Waals surface area (Å²) in [5, 5.41) is 18.8. The molecule has 0 aliphatic carbocycles. The van der Waals surface area contributed by atoms with E-state index in [9.17, 15) is 31.9 Å². The summed E-state index contributed by atoms with van der Waals surface area (Å²) in [6, 6.07) is 4.88. The smallest absolute Gasteiger partial charge is 0.413 e. The lowest BCUT2D eigenvalue weighted by atomic mass is 9.94. The molecule has 1 unspecified atom stereocenters. The molecule has 1 aliphatic heterocycles. The van der Waals surface area contributed by atoms with Crippen LogP contribution in [0, 0.1) is 18.6 Å². The van der Waals surface area contributed by atoms with E-state index in [1.165, 1.54) is 32.9 Å². The number of nitrogens with one attached hydrogen (secondary N) is 1. The van der Waals surface area contributed by atoms with Crippen LogP contribution in [0.15, 0.2) is 39.3 Å². The second kappa shape index (κ2) is 9.41. The third-order valence-electron chi connectivity index (χ3n) is 5.55. The number of anilines is 1. The van der Waals surface area contributed by atoms with Crippen LogP contribution in [0.4, 0.5) is 27.8 Å². The minimum Gasteiger partial charge on any atom is -0.413 e. The van der Waals surface area contributed by atoms with Crippen molar-refractivity contribution in [2.45, 2.75) is 44.2 Å². The highest BCUT2D eigenvalue weighted by Gasteiger charge is 2.38. The Kier molecular flexibility index (Phi) is 6.75. The Morgan fingerprint density at radius 1 is 1.19 bits per heavy atom. The maximum atomic E-state index is 14.9. The number of nitrogens with zero attached hydrogens (tertiary/aromatic N) is 3. The quantitative estimate of drug-likeness (QED) is 0.374. The van der Waals surface area contributed by atoms with Gasteiger partial charge in [-0.25, -0.2) is 13.8 Å². The number of nitrogens with two attached hydrogens (primary N) is 1. The van der Waals surface area contributed by atoms with Gasteiger partial charge in [0, 0.05) is 16.4 Å². The summed E-state index contributed by atoms with van der Waals surface area (Å²) in [5.74, 6) is -4.24. The average Bonchev–Trinajstić information content (AvgIpc) is 3.40. The van der Waals surface area contributed by atoms with Crippen LogP contribution in [-0.4, -0.2) is 26.2 Å². The number of aliphatic hydroxyl groups is 1. The number of carbonyl (C=O) groups is 1. The number of halogens is 5. The maximum absolute atomic E-state index is 14.9. The summed E-state index contributed by atoms with van der Waals surface area (Å²) in [6.45, 7) is 4.29. The Hall–Kier alpha value is -3.52. The van der Waals surface area contributed by atoms with Gasteiger partial charge in [0.05, 0.1) is 21.9 Å². The summed E-state index contributed by atoms with van der Waals surface area (Å²) < 4.78 is 72.7. The summed E-state index contributed by atoms with van der Waals surface area (Å²) in [4.78, 5) is 16.3. The van der Waals surface area contributed by atoms with E-state index in [2.05, 4.69) is 24.9 Å². The topological polar surface area (TPSA) is 127 Å². The van der Waals surface area contributed by atoms with Crippen molar-refractivity contribution in [1.82, 2.24) is 15.2 Å². The molecule has 3 heterocycles. The minimum atomic E-state index is -4.80. The molecule has 0 saturated heterocycles. The molecule has 2 aromatic heterocycles. The molecule has 37 heavy (non-hydrogen) atoms. The molecule has 0 fully saturated rings. The second-order valence-corrected chi connectivity index (χ2v) is 9.97. The van der Waals surface area contributed by atoms with Gasteiger partial charge < -0.3 is 20.6 Å². The minimum absolute atomic E-state index is 0.0547. The van der Waals surface area contributed by atoms with Gasteiger partial charge in [0.1, 0.15) is 17.5 Å². The fourth-order valence-electron chi connectivity index (χ4n) is 3.68. The van der Waals surface area contributed by atoms with E-state index < -0.39 is 40.5 Å². The zero-order valence-electron chi connectivity index (χ0n) is 19.6. The van der Waals surface area contributed by atoms with Crippen LogP contribution >= 0.6 is 11.8 Å². The standard InChI is InChI=1S/C23H20F5N5O3S/c1-9-11(19-32-33-21(36-19)23(26,27)28)4-5-16(30-9)31-20-12(18(29)34)8-15(37-20)17-13(24)6-10(7-14(17)25)22(2,3)35/h4-7,15,35H,8H2,1-3H3,(H2,29,34)(H,30,31). The van der Waals surface area contributed by atoms with E-state index in [0.717, 1.165) is 23.9 Å². The lowest BCUT2D eigenvalue weighted by Gasteiger charge is -2.20. The van der Waals surface area contributed by atoms with Crippen LogP contribution in [0.1, 0.15) is 48.2 Å².